The number of para-hydroxylation sites is 1. The molecule has 3 aromatic rings. The minimum Gasteiger partial charge on any atom is -0.278 e. The van der Waals surface area contributed by atoms with Crippen molar-refractivity contribution in [3.05, 3.63) is 82.7 Å². The number of carbonyl (C=O) groups is 1. The molecule has 0 aliphatic heterocycles. The van der Waals surface area contributed by atoms with Crippen LogP contribution in [0.3, 0.4) is 0 Å². The van der Waals surface area contributed by atoms with Crippen LogP contribution in [0.4, 0.5) is 5.69 Å². The van der Waals surface area contributed by atoms with Gasteiger partial charge in [0, 0.05) is 0 Å². The Balaban J connectivity index is 1.72. The summed E-state index contributed by atoms with van der Waals surface area (Å²) in [5, 5.41) is 5.64. The lowest BCUT2D eigenvalue weighted by Gasteiger charge is -2.10. The maximum Gasteiger partial charge on any atom is 0.273 e. The molecule has 0 unspecified atom stereocenters. The number of anilines is 1. The van der Waals surface area contributed by atoms with Crippen molar-refractivity contribution >= 4 is 39.2 Å². The Hall–Kier alpha value is -2.97. The van der Waals surface area contributed by atoms with Crippen LogP contribution >= 0.6 is 11.3 Å². The van der Waals surface area contributed by atoms with Gasteiger partial charge in [-0.25, -0.2) is 13.8 Å². The number of thiophene rings is 1. The number of nitrogens with one attached hydrogen (secondary N) is 2. The fourth-order valence-corrected chi connectivity index (χ4v) is 4.52. The summed E-state index contributed by atoms with van der Waals surface area (Å²) < 4.78 is 27.5. The highest BCUT2D eigenvalue weighted by Crippen LogP contribution is 2.22. The van der Waals surface area contributed by atoms with Gasteiger partial charge in [-0.2, -0.15) is 5.10 Å². The second-order valence-electron chi connectivity index (χ2n) is 5.88. The summed E-state index contributed by atoms with van der Waals surface area (Å²) in [7, 11) is -3.75. The third-order valence-electron chi connectivity index (χ3n) is 3.94. The predicted molar refractivity (Wildman–Crippen MR) is 112 cm³/mol. The van der Waals surface area contributed by atoms with Crippen LogP contribution in [0, 0.1) is 0 Å². The molecule has 144 valence electrons. The van der Waals surface area contributed by atoms with Gasteiger partial charge in [0.2, 0.25) is 0 Å². The smallest absolute Gasteiger partial charge is 0.273 e. The molecule has 8 heteroatoms. The van der Waals surface area contributed by atoms with E-state index in [9.17, 15) is 13.2 Å². The fraction of sp³-hybridized carbons (Fsp3) is 0.100. The minimum atomic E-state index is -3.75. The molecule has 0 radical (unpaired) electrons. The molecule has 1 aromatic heterocycles. The first-order chi connectivity index (χ1) is 13.5. The van der Waals surface area contributed by atoms with Gasteiger partial charge in [-0.3, -0.25) is 9.52 Å². The number of aryl methyl sites for hydroxylation is 1. The van der Waals surface area contributed by atoms with Gasteiger partial charge in [0.25, 0.3) is 15.9 Å². The van der Waals surface area contributed by atoms with E-state index in [2.05, 4.69) is 22.2 Å². The summed E-state index contributed by atoms with van der Waals surface area (Å²) in [4.78, 5) is 12.5. The highest BCUT2D eigenvalue weighted by atomic mass is 32.2. The van der Waals surface area contributed by atoms with E-state index in [4.69, 9.17) is 0 Å². The summed E-state index contributed by atoms with van der Waals surface area (Å²) in [5.41, 5.74) is 4.87. The zero-order valence-electron chi connectivity index (χ0n) is 15.1. The lowest BCUT2D eigenvalue weighted by molar-refractivity contribution is 0.0956. The lowest BCUT2D eigenvalue weighted by atomic mass is 10.1. The molecule has 6 nitrogen and oxygen atoms in total. The van der Waals surface area contributed by atoms with Crippen LogP contribution in [-0.4, -0.2) is 20.5 Å². The van der Waals surface area contributed by atoms with Crippen LogP contribution in [0.2, 0.25) is 0 Å². The monoisotopic (exact) mass is 413 g/mol. The first-order valence-electron chi connectivity index (χ1n) is 8.57. The van der Waals surface area contributed by atoms with Gasteiger partial charge in [-0.05, 0) is 41.1 Å². The number of nitrogens with zero attached hydrogens (tertiary/aromatic N) is 1. The Morgan fingerprint density at radius 2 is 1.82 bits per heavy atom. The van der Waals surface area contributed by atoms with E-state index in [1.165, 1.54) is 30.0 Å². The van der Waals surface area contributed by atoms with Crippen molar-refractivity contribution in [1.29, 1.82) is 0 Å². The topological polar surface area (TPSA) is 87.6 Å². The molecule has 0 spiro atoms. The van der Waals surface area contributed by atoms with Crippen molar-refractivity contribution in [3.8, 4) is 0 Å². The Morgan fingerprint density at radius 1 is 1.07 bits per heavy atom. The number of hydrogen-bond acceptors (Lipinski definition) is 5. The van der Waals surface area contributed by atoms with E-state index >= 15 is 0 Å². The van der Waals surface area contributed by atoms with Gasteiger partial charge in [0.1, 0.15) is 4.21 Å². The first kappa shape index (κ1) is 19.8. The van der Waals surface area contributed by atoms with Crippen LogP contribution in [0.15, 0.2) is 75.4 Å². The van der Waals surface area contributed by atoms with Gasteiger partial charge in [0.15, 0.2) is 0 Å². The average Bonchev–Trinajstić information content (AvgIpc) is 3.24. The van der Waals surface area contributed by atoms with Gasteiger partial charge < -0.3 is 0 Å². The molecule has 0 saturated carbocycles. The molecule has 2 aromatic carbocycles. The Kier molecular flexibility index (Phi) is 6.23. The molecule has 1 amide bonds. The quantitative estimate of drug-likeness (QED) is 0.455. The molecule has 0 atom stereocenters. The van der Waals surface area contributed by atoms with E-state index in [1.807, 2.05) is 24.3 Å². The van der Waals surface area contributed by atoms with E-state index in [0.717, 1.165) is 23.3 Å². The summed E-state index contributed by atoms with van der Waals surface area (Å²) in [6, 6.07) is 17.4. The molecule has 28 heavy (non-hydrogen) atoms. The van der Waals surface area contributed by atoms with Crippen molar-refractivity contribution in [2.75, 3.05) is 4.72 Å². The SMILES string of the molecule is CCc1ccc(/C=N/NC(=O)c2ccccc2NS(=O)(=O)c2cccs2)cc1. The van der Waals surface area contributed by atoms with Gasteiger partial charge in [-0.15, -0.1) is 11.3 Å². The zero-order chi connectivity index (χ0) is 20.0. The standard InChI is InChI=1S/C20H19N3O3S2/c1-2-15-9-11-16(12-10-15)14-21-22-20(24)17-6-3-4-7-18(17)23-28(25,26)19-8-5-13-27-19/h3-14,23H,2H2,1H3,(H,22,24)/b21-14+. The van der Waals surface area contributed by atoms with Gasteiger partial charge in [0.05, 0.1) is 17.5 Å². The first-order valence-corrected chi connectivity index (χ1v) is 10.9. The predicted octanol–water partition coefficient (Wildman–Crippen LogP) is 3.88. The summed E-state index contributed by atoms with van der Waals surface area (Å²) in [6.07, 6.45) is 2.49. The van der Waals surface area contributed by atoms with Crippen LogP contribution in [-0.2, 0) is 16.4 Å². The number of sulfonamides is 1. The minimum absolute atomic E-state index is 0.177. The lowest BCUT2D eigenvalue weighted by Crippen LogP contribution is -2.21. The van der Waals surface area contributed by atoms with Crippen molar-refractivity contribution < 1.29 is 13.2 Å². The van der Waals surface area contributed by atoms with Crippen LogP contribution in [0.1, 0.15) is 28.4 Å². The highest BCUT2D eigenvalue weighted by Gasteiger charge is 2.19. The molecular weight excluding hydrogens is 394 g/mol. The molecule has 0 aliphatic carbocycles. The summed E-state index contributed by atoms with van der Waals surface area (Å²) >= 11 is 1.10. The molecule has 0 bridgehead atoms. The van der Waals surface area contributed by atoms with E-state index in [-0.39, 0.29) is 15.5 Å². The summed E-state index contributed by atoms with van der Waals surface area (Å²) in [6.45, 7) is 2.08. The fourth-order valence-electron chi connectivity index (χ4n) is 2.45. The molecule has 1 heterocycles. The van der Waals surface area contributed by atoms with Crippen molar-refractivity contribution in [1.82, 2.24) is 5.43 Å². The molecular formula is C20H19N3O3S2. The van der Waals surface area contributed by atoms with E-state index in [0.29, 0.717) is 0 Å². The number of hydrogen-bond donors (Lipinski definition) is 2. The summed E-state index contributed by atoms with van der Waals surface area (Å²) in [5.74, 6) is -0.508. The van der Waals surface area contributed by atoms with Gasteiger partial charge >= 0.3 is 0 Å². The molecule has 3 rings (SSSR count). The third kappa shape index (κ3) is 4.85. The Labute approximate surface area is 168 Å². The maximum atomic E-state index is 12.5. The second kappa shape index (κ2) is 8.81. The highest BCUT2D eigenvalue weighted by molar-refractivity contribution is 7.94. The van der Waals surface area contributed by atoms with Crippen molar-refractivity contribution in [2.24, 2.45) is 5.10 Å². The number of rotatable bonds is 7. The van der Waals surface area contributed by atoms with Gasteiger partial charge in [-0.1, -0.05) is 49.4 Å². The van der Waals surface area contributed by atoms with Crippen molar-refractivity contribution in [2.45, 2.75) is 17.6 Å². The van der Waals surface area contributed by atoms with Crippen LogP contribution in [0.25, 0.3) is 0 Å². The zero-order valence-corrected chi connectivity index (χ0v) is 16.8. The van der Waals surface area contributed by atoms with Crippen molar-refractivity contribution in [3.63, 3.8) is 0 Å². The Morgan fingerprint density at radius 3 is 2.50 bits per heavy atom. The average molecular weight is 414 g/mol. The number of hydrazone groups is 1. The Bertz CT molecular complexity index is 1070. The maximum absolute atomic E-state index is 12.5. The number of amides is 1. The number of benzene rings is 2. The molecule has 2 N–H and O–H groups in total. The largest absolute Gasteiger partial charge is 0.278 e. The van der Waals surface area contributed by atoms with Crippen LogP contribution in [0.5, 0.6) is 0 Å². The molecule has 0 fully saturated rings. The van der Waals surface area contributed by atoms with E-state index in [1.54, 1.807) is 23.6 Å². The number of carbonyl (C=O) groups excluding carboxylic acids is 1. The third-order valence-corrected chi connectivity index (χ3v) is 6.71. The molecule has 0 aliphatic rings. The van der Waals surface area contributed by atoms with E-state index < -0.39 is 15.9 Å². The van der Waals surface area contributed by atoms with Crippen LogP contribution < -0.4 is 10.1 Å². The second-order valence-corrected chi connectivity index (χ2v) is 8.73. The normalized spacial score (nSPS) is 11.5. The molecule has 0 saturated heterocycles.